The molecule has 1 amide bonds. The first-order valence-electron chi connectivity index (χ1n) is 6.89. The van der Waals surface area contributed by atoms with Gasteiger partial charge in [-0.2, -0.15) is 0 Å². The summed E-state index contributed by atoms with van der Waals surface area (Å²) in [6.07, 6.45) is 6.89. The van der Waals surface area contributed by atoms with Crippen LogP contribution in [0, 0.1) is 0 Å². The Balaban J connectivity index is 1.75. The van der Waals surface area contributed by atoms with Crippen LogP contribution in [0.2, 0.25) is 0 Å². The molecule has 0 bridgehead atoms. The minimum absolute atomic E-state index is 0.173. The highest BCUT2D eigenvalue weighted by Crippen LogP contribution is 2.31. The number of para-hydroxylation sites is 2. The van der Waals surface area contributed by atoms with E-state index in [1.54, 1.807) is 31.6 Å². The van der Waals surface area contributed by atoms with Gasteiger partial charge in [-0.05, 0) is 48.2 Å². The molecule has 1 aromatic carbocycles. The van der Waals surface area contributed by atoms with Gasteiger partial charge in [0.2, 0.25) is 0 Å². The molecule has 1 aliphatic rings. The zero-order valence-electron chi connectivity index (χ0n) is 12.4. The van der Waals surface area contributed by atoms with Crippen LogP contribution in [0.25, 0.3) is 6.08 Å². The zero-order valence-corrected chi connectivity index (χ0v) is 13.2. The fourth-order valence-electron chi connectivity index (χ4n) is 1.94. The van der Waals surface area contributed by atoms with Crippen molar-refractivity contribution in [1.82, 2.24) is 5.32 Å². The van der Waals surface area contributed by atoms with Crippen molar-refractivity contribution in [3.05, 3.63) is 65.5 Å². The van der Waals surface area contributed by atoms with Crippen molar-refractivity contribution in [2.45, 2.75) is 0 Å². The summed E-state index contributed by atoms with van der Waals surface area (Å²) in [6.45, 7) is 0. The van der Waals surface area contributed by atoms with Gasteiger partial charge < -0.3 is 14.5 Å². The first kappa shape index (κ1) is 15.2. The molecule has 1 N–H and O–H groups in total. The highest BCUT2D eigenvalue weighted by Gasteiger charge is 2.23. The lowest BCUT2D eigenvalue weighted by molar-refractivity contribution is -0.115. The Bertz CT molecular complexity index is 792. The molecule has 5 nitrogen and oxygen atoms in total. The van der Waals surface area contributed by atoms with Crippen molar-refractivity contribution >= 4 is 34.6 Å². The van der Waals surface area contributed by atoms with Gasteiger partial charge in [0, 0.05) is 0 Å². The van der Waals surface area contributed by atoms with E-state index in [1.165, 1.54) is 11.8 Å². The second kappa shape index (κ2) is 7.02. The van der Waals surface area contributed by atoms with Crippen LogP contribution in [-0.2, 0) is 4.79 Å². The van der Waals surface area contributed by atoms with Crippen molar-refractivity contribution in [2.24, 2.45) is 4.99 Å². The molecular formula is C17H14N2O3S. The Morgan fingerprint density at radius 2 is 2.13 bits per heavy atom. The third-order valence-electron chi connectivity index (χ3n) is 3.01. The number of ether oxygens (including phenoxy) is 1. The number of carbonyl (C=O) groups excluding carboxylic acids is 1. The number of hydrogen-bond donors (Lipinski definition) is 1. The maximum Gasteiger partial charge on any atom is 0.264 e. The van der Waals surface area contributed by atoms with Crippen LogP contribution < -0.4 is 10.1 Å². The van der Waals surface area contributed by atoms with Crippen LogP contribution in [0.1, 0.15) is 5.76 Å². The fraction of sp³-hybridized carbons (Fsp3) is 0.0588. The van der Waals surface area contributed by atoms with E-state index in [9.17, 15) is 4.79 Å². The number of thioether (sulfide) groups is 1. The Kier molecular flexibility index (Phi) is 4.63. The highest BCUT2D eigenvalue weighted by atomic mass is 32.2. The molecule has 1 fully saturated rings. The van der Waals surface area contributed by atoms with Gasteiger partial charge in [-0.3, -0.25) is 4.79 Å². The number of carbonyl (C=O) groups is 1. The van der Waals surface area contributed by atoms with Crippen LogP contribution in [0.3, 0.4) is 0 Å². The molecule has 2 aromatic rings. The predicted octanol–water partition coefficient (Wildman–Crippen LogP) is 3.74. The molecule has 6 heteroatoms. The van der Waals surface area contributed by atoms with E-state index in [-0.39, 0.29) is 5.91 Å². The molecule has 0 aliphatic carbocycles. The molecule has 116 valence electrons. The summed E-state index contributed by atoms with van der Waals surface area (Å²) in [6, 6.07) is 11.0. The molecule has 1 aliphatic heterocycles. The van der Waals surface area contributed by atoms with Gasteiger partial charge in [-0.1, -0.05) is 18.2 Å². The SMILES string of the molecule is COc1ccccc1N=C1NC(=O)/C(=C/C=C/c2ccco2)S1. The lowest BCUT2D eigenvalue weighted by Gasteiger charge is -2.03. The van der Waals surface area contributed by atoms with Gasteiger partial charge in [0.05, 0.1) is 18.3 Å². The second-order valence-corrected chi connectivity index (χ2v) is 5.58. The number of nitrogens with one attached hydrogen (secondary N) is 1. The molecule has 1 aromatic heterocycles. The first-order chi connectivity index (χ1) is 11.3. The first-order valence-corrected chi connectivity index (χ1v) is 7.70. The second-order valence-electron chi connectivity index (χ2n) is 4.55. The number of allylic oxidation sites excluding steroid dienone is 2. The number of methoxy groups -OCH3 is 1. The van der Waals surface area contributed by atoms with E-state index in [1.807, 2.05) is 36.4 Å². The zero-order chi connectivity index (χ0) is 16.1. The van der Waals surface area contributed by atoms with E-state index in [0.717, 1.165) is 5.76 Å². The lowest BCUT2D eigenvalue weighted by Crippen LogP contribution is -2.19. The topological polar surface area (TPSA) is 63.8 Å². The van der Waals surface area contributed by atoms with E-state index in [4.69, 9.17) is 9.15 Å². The Labute approximate surface area is 137 Å². The summed E-state index contributed by atoms with van der Waals surface area (Å²) in [4.78, 5) is 16.9. The van der Waals surface area contributed by atoms with Crippen LogP contribution in [0.4, 0.5) is 5.69 Å². The van der Waals surface area contributed by atoms with Gasteiger partial charge >= 0.3 is 0 Å². The molecule has 2 heterocycles. The Hall–Kier alpha value is -2.73. The van der Waals surface area contributed by atoms with Crippen LogP contribution in [-0.4, -0.2) is 18.2 Å². The molecule has 0 radical (unpaired) electrons. The van der Waals surface area contributed by atoms with Crippen molar-refractivity contribution in [2.75, 3.05) is 7.11 Å². The molecule has 0 spiro atoms. The monoisotopic (exact) mass is 326 g/mol. The average Bonchev–Trinajstić information content (AvgIpc) is 3.18. The highest BCUT2D eigenvalue weighted by molar-refractivity contribution is 8.18. The smallest absolute Gasteiger partial charge is 0.264 e. The lowest BCUT2D eigenvalue weighted by atomic mass is 10.3. The molecule has 0 saturated carbocycles. The van der Waals surface area contributed by atoms with Crippen LogP contribution in [0.5, 0.6) is 5.75 Å². The van der Waals surface area contributed by atoms with E-state index in [2.05, 4.69) is 10.3 Å². The molecule has 0 unspecified atom stereocenters. The number of aliphatic imine (C=N–C) groups is 1. The van der Waals surface area contributed by atoms with E-state index < -0.39 is 0 Å². The number of amides is 1. The van der Waals surface area contributed by atoms with Gasteiger partial charge in [0.1, 0.15) is 17.2 Å². The van der Waals surface area contributed by atoms with Gasteiger partial charge in [0.25, 0.3) is 5.91 Å². The molecule has 0 atom stereocenters. The predicted molar refractivity (Wildman–Crippen MR) is 91.6 cm³/mol. The minimum Gasteiger partial charge on any atom is -0.494 e. The number of rotatable bonds is 4. The van der Waals surface area contributed by atoms with Gasteiger partial charge in [0.15, 0.2) is 5.17 Å². The maximum atomic E-state index is 12.0. The van der Waals surface area contributed by atoms with Crippen molar-refractivity contribution in [3.63, 3.8) is 0 Å². The summed E-state index contributed by atoms with van der Waals surface area (Å²) in [5.41, 5.74) is 0.671. The average molecular weight is 326 g/mol. The van der Waals surface area contributed by atoms with Crippen LogP contribution >= 0.6 is 11.8 Å². The quantitative estimate of drug-likeness (QED) is 0.870. The van der Waals surface area contributed by atoms with Crippen molar-refractivity contribution in [1.29, 1.82) is 0 Å². The normalized spacial score (nSPS) is 18.0. The summed E-state index contributed by atoms with van der Waals surface area (Å²) in [5, 5.41) is 3.27. The number of amidine groups is 1. The fourth-order valence-corrected chi connectivity index (χ4v) is 2.73. The standard InChI is InChI=1S/C17H14N2O3S/c1-21-14-9-3-2-8-13(14)18-17-19-16(20)15(23-17)10-4-6-12-7-5-11-22-12/h2-11H,1H3,(H,18,19,20)/b6-4+,15-10-. The van der Waals surface area contributed by atoms with Crippen LogP contribution in [0.15, 0.2) is 69.1 Å². The number of hydrogen-bond acceptors (Lipinski definition) is 5. The molecular weight excluding hydrogens is 312 g/mol. The number of benzene rings is 1. The summed E-state index contributed by atoms with van der Waals surface area (Å²) < 4.78 is 10.4. The van der Waals surface area contributed by atoms with Crippen molar-refractivity contribution < 1.29 is 13.9 Å². The van der Waals surface area contributed by atoms with Crippen molar-refractivity contribution in [3.8, 4) is 5.75 Å². The van der Waals surface area contributed by atoms with E-state index >= 15 is 0 Å². The summed E-state index contributed by atoms with van der Waals surface area (Å²) >= 11 is 1.28. The Morgan fingerprint density at radius 3 is 2.91 bits per heavy atom. The summed E-state index contributed by atoms with van der Waals surface area (Å²) in [7, 11) is 1.59. The van der Waals surface area contributed by atoms with E-state index in [0.29, 0.717) is 21.5 Å². The Morgan fingerprint density at radius 1 is 1.26 bits per heavy atom. The molecule has 23 heavy (non-hydrogen) atoms. The maximum absolute atomic E-state index is 12.0. The summed E-state index contributed by atoms with van der Waals surface area (Å²) in [5.74, 6) is 1.21. The van der Waals surface area contributed by atoms with Gasteiger partial charge in [-0.25, -0.2) is 4.99 Å². The molecule has 1 saturated heterocycles. The van der Waals surface area contributed by atoms with Gasteiger partial charge in [-0.15, -0.1) is 0 Å². The third-order valence-corrected chi connectivity index (χ3v) is 3.94. The molecule has 3 rings (SSSR count). The minimum atomic E-state index is -0.173. The largest absolute Gasteiger partial charge is 0.494 e. The third kappa shape index (κ3) is 3.73. The number of nitrogens with zero attached hydrogens (tertiary/aromatic N) is 1. The number of furan rings is 1.